The summed E-state index contributed by atoms with van der Waals surface area (Å²) < 4.78 is 6.61. The normalized spacial score (nSPS) is 15.8. The summed E-state index contributed by atoms with van der Waals surface area (Å²) in [4.78, 5) is 2.50. The van der Waals surface area contributed by atoms with Crippen LogP contribution < -0.4 is 4.90 Å². The van der Waals surface area contributed by atoms with Crippen LogP contribution in [0, 0.1) is 0 Å². The maximum atomic E-state index is 6.61. The van der Waals surface area contributed by atoms with Crippen LogP contribution in [0.5, 0.6) is 0 Å². The summed E-state index contributed by atoms with van der Waals surface area (Å²) in [6.07, 6.45) is 0. The quantitative estimate of drug-likeness (QED) is 0.177. The first-order valence-corrected chi connectivity index (χ1v) is 22.4. The summed E-state index contributed by atoms with van der Waals surface area (Å²) in [5, 5.41) is 4.74. The van der Waals surface area contributed by atoms with E-state index in [0.29, 0.717) is 0 Å². The average Bonchev–Trinajstić information content (AvgIpc) is 3.93. The van der Waals surface area contributed by atoms with Crippen LogP contribution in [0.3, 0.4) is 0 Å². The summed E-state index contributed by atoms with van der Waals surface area (Å²) >= 11 is 0. The molecule has 0 radical (unpaired) electrons. The van der Waals surface area contributed by atoms with Crippen molar-refractivity contribution in [3.8, 4) is 44.5 Å². The molecule has 0 amide bonds. The number of anilines is 3. The molecule has 2 nitrogen and oxygen atoms in total. The van der Waals surface area contributed by atoms with E-state index in [-0.39, 0.29) is 5.41 Å². The topological polar surface area (TPSA) is 16.4 Å². The highest BCUT2D eigenvalue weighted by molar-refractivity contribution is 6.14. The van der Waals surface area contributed by atoms with E-state index in [4.69, 9.17) is 4.42 Å². The molecule has 3 aliphatic rings. The Balaban J connectivity index is 1.12. The minimum atomic E-state index is -0.640. The Labute approximate surface area is 372 Å². The number of nitrogens with zero attached hydrogens (tertiary/aromatic N) is 1. The van der Waals surface area contributed by atoms with Gasteiger partial charge in [0, 0.05) is 22.2 Å². The lowest BCUT2D eigenvalue weighted by atomic mass is 9.65. The van der Waals surface area contributed by atoms with Crippen LogP contribution in [0.1, 0.15) is 47.2 Å². The second-order valence-electron chi connectivity index (χ2n) is 18.3. The van der Waals surface area contributed by atoms with Crippen molar-refractivity contribution in [3.63, 3.8) is 0 Å². The predicted molar refractivity (Wildman–Crippen MR) is 265 cm³/mol. The summed E-state index contributed by atoms with van der Waals surface area (Å²) in [6, 6.07) is 79.4. The molecule has 0 aliphatic heterocycles. The van der Waals surface area contributed by atoms with Crippen LogP contribution in [0.25, 0.3) is 77.2 Å². The number of furan rings is 1. The van der Waals surface area contributed by atoms with E-state index in [1.807, 2.05) is 0 Å². The van der Waals surface area contributed by atoms with Crippen LogP contribution in [-0.4, -0.2) is 0 Å². The van der Waals surface area contributed by atoms with Crippen molar-refractivity contribution in [3.05, 3.63) is 246 Å². The number of hydrogen-bond acceptors (Lipinski definition) is 2. The Morgan fingerprint density at radius 2 is 0.891 bits per heavy atom. The molecule has 0 fully saturated rings. The van der Waals surface area contributed by atoms with Gasteiger partial charge in [0.2, 0.25) is 0 Å². The maximum Gasteiger partial charge on any atom is 0.137 e. The molecule has 0 saturated carbocycles. The molecule has 1 spiro atoms. The highest BCUT2D eigenvalue weighted by Crippen LogP contribution is 2.63. The van der Waals surface area contributed by atoms with Crippen molar-refractivity contribution in [1.29, 1.82) is 0 Å². The van der Waals surface area contributed by atoms with Gasteiger partial charge in [-0.05, 0) is 131 Å². The van der Waals surface area contributed by atoms with E-state index in [9.17, 15) is 0 Å². The van der Waals surface area contributed by atoms with Gasteiger partial charge in [0.05, 0.1) is 16.5 Å². The minimum absolute atomic E-state index is 0.173. The Morgan fingerprint density at radius 1 is 0.359 bits per heavy atom. The second kappa shape index (κ2) is 12.8. The third-order valence-corrected chi connectivity index (χ3v) is 14.9. The first kappa shape index (κ1) is 35.6. The van der Waals surface area contributed by atoms with Crippen molar-refractivity contribution < 1.29 is 4.42 Å². The molecule has 1 aromatic heterocycles. The van der Waals surface area contributed by atoms with Crippen LogP contribution in [0.2, 0.25) is 0 Å². The van der Waals surface area contributed by atoms with Gasteiger partial charge in [0.15, 0.2) is 0 Å². The number of hydrogen-bond donors (Lipinski definition) is 0. The molecule has 64 heavy (non-hydrogen) atoms. The van der Waals surface area contributed by atoms with E-state index in [0.717, 1.165) is 39.0 Å². The SMILES string of the molecule is CC1(C)c2ccccc2-c2ccc(N(c3ccc4c(c3)C3(c5ccccc5-c5ccccc5-4)c4ccccc4-c4c3ccc3ccccc43)c3cccc4oc5ccccc5c34)cc21. The molecule has 1 heterocycles. The van der Waals surface area contributed by atoms with Crippen molar-refractivity contribution >= 4 is 49.8 Å². The van der Waals surface area contributed by atoms with Gasteiger partial charge in [-0.3, -0.25) is 0 Å². The number of para-hydroxylation sites is 1. The Morgan fingerprint density at radius 3 is 1.64 bits per heavy atom. The Hall–Kier alpha value is -7.94. The van der Waals surface area contributed by atoms with Crippen LogP contribution in [-0.2, 0) is 10.8 Å². The first-order valence-electron chi connectivity index (χ1n) is 22.4. The van der Waals surface area contributed by atoms with Gasteiger partial charge < -0.3 is 9.32 Å². The summed E-state index contributed by atoms with van der Waals surface area (Å²) in [6.45, 7) is 4.74. The van der Waals surface area contributed by atoms with Gasteiger partial charge in [0.1, 0.15) is 11.2 Å². The van der Waals surface area contributed by atoms with E-state index in [1.165, 1.54) is 88.7 Å². The number of fused-ring (bicyclic) bond motifs is 20. The van der Waals surface area contributed by atoms with Gasteiger partial charge >= 0.3 is 0 Å². The zero-order chi connectivity index (χ0) is 42.3. The number of benzene rings is 10. The summed E-state index contributed by atoms with van der Waals surface area (Å²) in [5.41, 5.74) is 22.3. The van der Waals surface area contributed by atoms with E-state index >= 15 is 0 Å². The average molecular weight is 816 g/mol. The molecule has 14 rings (SSSR count). The predicted octanol–water partition coefficient (Wildman–Crippen LogP) is 16.5. The fraction of sp³-hybridized carbons (Fsp3) is 0.0645. The zero-order valence-electron chi connectivity index (χ0n) is 35.6. The van der Waals surface area contributed by atoms with Gasteiger partial charge in [-0.15, -0.1) is 0 Å². The van der Waals surface area contributed by atoms with Crippen molar-refractivity contribution in [2.75, 3.05) is 4.90 Å². The lowest BCUT2D eigenvalue weighted by Crippen LogP contribution is -2.29. The minimum Gasteiger partial charge on any atom is -0.456 e. The highest BCUT2D eigenvalue weighted by Gasteiger charge is 2.50. The fourth-order valence-electron chi connectivity index (χ4n) is 12.2. The summed E-state index contributed by atoms with van der Waals surface area (Å²) in [5.74, 6) is 0. The molecule has 2 heteroatoms. The molecule has 0 saturated heterocycles. The van der Waals surface area contributed by atoms with Gasteiger partial charge in [-0.2, -0.15) is 0 Å². The van der Waals surface area contributed by atoms with Crippen molar-refractivity contribution in [2.45, 2.75) is 24.7 Å². The van der Waals surface area contributed by atoms with Crippen LogP contribution >= 0.6 is 0 Å². The second-order valence-corrected chi connectivity index (χ2v) is 18.3. The van der Waals surface area contributed by atoms with Gasteiger partial charge in [0.25, 0.3) is 0 Å². The van der Waals surface area contributed by atoms with Crippen LogP contribution in [0.15, 0.2) is 217 Å². The molecule has 1 atom stereocenters. The van der Waals surface area contributed by atoms with Gasteiger partial charge in [-0.25, -0.2) is 0 Å². The molecule has 10 aromatic carbocycles. The third kappa shape index (κ3) is 4.54. The molecule has 0 N–H and O–H groups in total. The molecule has 3 aliphatic carbocycles. The third-order valence-electron chi connectivity index (χ3n) is 14.9. The lowest BCUT2D eigenvalue weighted by molar-refractivity contribution is 0.660. The van der Waals surface area contributed by atoms with E-state index < -0.39 is 5.41 Å². The molecular formula is C62H41NO. The zero-order valence-corrected chi connectivity index (χ0v) is 35.6. The lowest BCUT2D eigenvalue weighted by Gasteiger charge is -2.36. The standard InChI is InChI=1S/C62H41NO/c1-61(2)50-24-11-7-21-45(50)47-34-32-39(36-54(47)61)63(56-27-15-29-58-60(56)49-23-10-14-28-57(49)64-58)40-31-33-46-43-19-6-5-18-42(43)44-20-8-12-25-51(44)62(55(46)37-40)52-26-13-9-22-48(52)59-41-17-4-3-16-38(41)30-35-53(59)62/h3-37H,1-2H3. The highest BCUT2D eigenvalue weighted by atomic mass is 16.3. The maximum absolute atomic E-state index is 6.61. The van der Waals surface area contributed by atoms with Gasteiger partial charge in [-0.1, -0.05) is 184 Å². The van der Waals surface area contributed by atoms with Crippen LogP contribution in [0.4, 0.5) is 17.1 Å². The fourth-order valence-corrected chi connectivity index (χ4v) is 12.2. The molecule has 300 valence electrons. The monoisotopic (exact) mass is 815 g/mol. The largest absolute Gasteiger partial charge is 0.456 e. The first-order chi connectivity index (χ1) is 31.5. The van der Waals surface area contributed by atoms with Crippen molar-refractivity contribution in [2.24, 2.45) is 0 Å². The van der Waals surface area contributed by atoms with Crippen molar-refractivity contribution in [1.82, 2.24) is 0 Å². The summed E-state index contributed by atoms with van der Waals surface area (Å²) in [7, 11) is 0. The molecule has 0 bridgehead atoms. The molecule has 11 aromatic rings. The smallest absolute Gasteiger partial charge is 0.137 e. The molecule has 1 unspecified atom stereocenters. The Bertz CT molecular complexity index is 3790. The number of rotatable bonds is 3. The molecular weight excluding hydrogens is 775 g/mol. The van der Waals surface area contributed by atoms with E-state index in [2.05, 4.69) is 231 Å². The Kier molecular flexibility index (Phi) is 7.13. The van der Waals surface area contributed by atoms with E-state index in [1.54, 1.807) is 0 Å².